The number of benzene rings is 1. The molecule has 0 saturated heterocycles. The highest BCUT2D eigenvalue weighted by atomic mass is 16.4. The van der Waals surface area contributed by atoms with Crippen molar-refractivity contribution in [3.05, 3.63) is 59.4 Å². The Bertz CT molecular complexity index is 593. The molecule has 0 radical (unpaired) electrons. The second-order valence-corrected chi connectivity index (χ2v) is 3.60. The van der Waals surface area contributed by atoms with E-state index in [0.29, 0.717) is 17.8 Å². The Kier molecular flexibility index (Phi) is 2.93. The maximum atomic E-state index is 11.0. The van der Waals surface area contributed by atoms with Gasteiger partial charge in [-0.05, 0) is 23.8 Å². The van der Waals surface area contributed by atoms with Crippen LogP contribution in [0.1, 0.15) is 21.6 Å². The van der Waals surface area contributed by atoms with Gasteiger partial charge < -0.3 is 9.67 Å². The first kappa shape index (κ1) is 11.0. The fourth-order valence-corrected chi connectivity index (χ4v) is 1.70. The van der Waals surface area contributed by atoms with Crippen LogP contribution in [0, 0.1) is 11.3 Å². The third-order valence-corrected chi connectivity index (χ3v) is 2.53. The van der Waals surface area contributed by atoms with Crippen LogP contribution in [0.25, 0.3) is 0 Å². The molecule has 0 aliphatic heterocycles. The lowest BCUT2D eigenvalue weighted by Gasteiger charge is -2.07. The topological polar surface area (TPSA) is 66.0 Å². The summed E-state index contributed by atoms with van der Waals surface area (Å²) in [5.74, 6) is -0.953. The number of carboxylic acids is 1. The lowest BCUT2D eigenvalue weighted by molar-refractivity contribution is 0.0695. The summed E-state index contributed by atoms with van der Waals surface area (Å²) in [5, 5.41) is 17.9. The lowest BCUT2D eigenvalue weighted by atomic mass is 10.1. The number of carbonyl (C=O) groups is 1. The maximum absolute atomic E-state index is 11.0. The van der Waals surface area contributed by atoms with Gasteiger partial charge >= 0.3 is 5.97 Å². The molecule has 2 aromatic rings. The summed E-state index contributed by atoms with van der Waals surface area (Å²) < 4.78 is 1.72. The predicted octanol–water partition coefficient (Wildman–Crippen LogP) is 2.11. The molecule has 4 heteroatoms. The zero-order valence-corrected chi connectivity index (χ0v) is 9.00. The molecule has 4 nitrogen and oxygen atoms in total. The van der Waals surface area contributed by atoms with E-state index in [9.17, 15) is 4.79 Å². The van der Waals surface area contributed by atoms with Crippen LogP contribution in [0.4, 0.5) is 0 Å². The summed E-state index contributed by atoms with van der Waals surface area (Å²) in [6.07, 6.45) is 1.76. The largest absolute Gasteiger partial charge is 0.478 e. The number of rotatable bonds is 3. The van der Waals surface area contributed by atoms with Crippen LogP contribution in [0.15, 0.2) is 42.6 Å². The number of nitrogens with zero attached hydrogens (tertiary/aromatic N) is 2. The molecule has 2 rings (SSSR count). The van der Waals surface area contributed by atoms with Gasteiger partial charge in [-0.25, -0.2) is 4.79 Å². The first-order valence-electron chi connectivity index (χ1n) is 5.09. The SMILES string of the molecule is N#Cc1cccn1Cc1ccccc1C(=O)O. The Labute approximate surface area is 98.4 Å². The molecule has 84 valence electrons. The molecular formula is C13H10N2O2. The third kappa shape index (κ3) is 2.18. The fraction of sp³-hybridized carbons (Fsp3) is 0.0769. The highest BCUT2D eigenvalue weighted by molar-refractivity contribution is 5.89. The quantitative estimate of drug-likeness (QED) is 0.871. The van der Waals surface area contributed by atoms with Gasteiger partial charge in [0.05, 0.1) is 5.56 Å². The number of carboxylic acid groups (broad SMARTS) is 1. The molecule has 1 N–H and O–H groups in total. The van der Waals surface area contributed by atoms with Gasteiger partial charge in [0.15, 0.2) is 0 Å². The average molecular weight is 226 g/mol. The van der Waals surface area contributed by atoms with Crippen LogP contribution in [-0.4, -0.2) is 15.6 Å². The normalized spacial score (nSPS) is 9.82. The van der Waals surface area contributed by atoms with E-state index in [2.05, 4.69) is 6.07 Å². The van der Waals surface area contributed by atoms with Crippen LogP contribution in [0.3, 0.4) is 0 Å². The van der Waals surface area contributed by atoms with E-state index in [1.165, 1.54) is 0 Å². The Balaban J connectivity index is 2.37. The third-order valence-electron chi connectivity index (χ3n) is 2.53. The molecule has 1 aromatic carbocycles. The second-order valence-electron chi connectivity index (χ2n) is 3.60. The van der Waals surface area contributed by atoms with Crippen molar-refractivity contribution in [2.45, 2.75) is 6.54 Å². The summed E-state index contributed by atoms with van der Waals surface area (Å²) in [4.78, 5) is 11.0. The van der Waals surface area contributed by atoms with Crippen LogP contribution in [0.5, 0.6) is 0 Å². The molecule has 0 atom stereocenters. The van der Waals surface area contributed by atoms with Gasteiger partial charge in [0, 0.05) is 12.7 Å². The molecule has 0 bridgehead atoms. The van der Waals surface area contributed by atoms with Crippen LogP contribution >= 0.6 is 0 Å². The Hall–Kier alpha value is -2.54. The zero-order chi connectivity index (χ0) is 12.3. The second kappa shape index (κ2) is 4.54. The maximum Gasteiger partial charge on any atom is 0.336 e. The van der Waals surface area contributed by atoms with Crippen molar-refractivity contribution in [3.63, 3.8) is 0 Å². The van der Waals surface area contributed by atoms with Gasteiger partial charge in [-0.1, -0.05) is 18.2 Å². The Morgan fingerprint density at radius 1 is 1.29 bits per heavy atom. The fourth-order valence-electron chi connectivity index (χ4n) is 1.70. The van der Waals surface area contributed by atoms with Crippen LogP contribution in [0.2, 0.25) is 0 Å². The van der Waals surface area contributed by atoms with E-state index in [4.69, 9.17) is 10.4 Å². The van der Waals surface area contributed by atoms with E-state index >= 15 is 0 Å². The van der Waals surface area contributed by atoms with Crippen molar-refractivity contribution in [2.75, 3.05) is 0 Å². The monoisotopic (exact) mass is 226 g/mol. The summed E-state index contributed by atoms with van der Waals surface area (Å²) in [5.41, 5.74) is 1.47. The standard InChI is InChI=1S/C13H10N2O2/c14-8-11-5-3-7-15(11)9-10-4-1-2-6-12(10)13(16)17/h1-7H,9H2,(H,16,17). The van der Waals surface area contributed by atoms with Crippen molar-refractivity contribution in [1.82, 2.24) is 4.57 Å². The first-order valence-corrected chi connectivity index (χ1v) is 5.09. The number of aromatic nitrogens is 1. The van der Waals surface area contributed by atoms with Gasteiger partial charge in [0.2, 0.25) is 0 Å². The lowest BCUT2D eigenvalue weighted by Crippen LogP contribution is -2.07. The minimum Gasteiger partial charge on any atom is -0.478 e. The molecule has 0 spiro atoms. The summed E-state index contributed by atoms with van der Waals surface area (Å²) in [7, 11) is 0. The molecule has 0 amide bonds. The van der Waals surface area contributed by atoms with Crippen LogP contribution in [-0.2, 0) is 6.54 Å². The molecule has 1 aromatic heterocycles. The summed E-state index contributed by atoms with van der Waals surface area (Å²) in [6.45, 7) is 0.387. The summed E-state index contributed by atoms with van der Waals surface area (Å²) >= 11 is 0. The van der Waals surface area contributed by atoms with Gasteiger partial charge in [-0.3, -0.25) is 0 Å². The number of hydrogen-bond acceptors (Lipinski definition) is 2. The van der Waals surface area contributed by atoms with Crippen molar-refractivity contribution in [1.29, 1.82) is 5.26 Å². The molecule has 0 unspecified atom stereocenters. The van der Waals surface area contributed by atoms with E-state index in [1.807, 2.05) is 0 Å². The minimum absolute atomic E-state index is 0.269. The van der Waals surface area contributed by atoms with Gasteiger partial charge in [-0.15, -0.1) is 0 Å². The Morgan fingerprint density at radius 3 is 2.76 bits per heavy atom. The van der Waals surface area contributed by atoms with Crippen molar-refractivity contribution >= 4 is 5.97 Å². The molecular weight excluding hydrogens is 216 g/mol. The zero-order valence-electron chi connectivity index (χ0n) is 9.00. The van der Waals surface area contributed by atoms with E-state index < -0.39 is 5.97 Å². The molecule has 17 heavy (non-hydrogen) atoms. The van der Waals surface area contributed by atoms with Crippen molar-refractivity contribution in [2.24, 2.45) is 0 Å². The number of aromatic carboxylic acids is 1. The number of hydrogen-bond donors (Lipinski definition) is 1. The summed E-state index contributed by atoms with van der Waals surface area (Å²) in [6, 6.07) is 12.3. The molecule has 0 aliphatic carbocycles. The molecule has 0 fully saturated rings. The highest BCUT2D eigenvalue weighted by Gasteiger charge is 2.10. The Morgan fingerprint density at radius 2 is 2.06 bits per heavy atom. The molecule has 0 aliphatic rings. The van der Waals surface area contributed by atoms with Crippen molar-refractivity contribution < 1.29 is 9.90 Å². The van der Waals surface area contributed by atoms with Gasteiger partial charge in [-0.2, -0.15) is 5.26 Å². The van der Waals surface area contributed by atoms with Crippen LogP contribution < -0.4 is 0 Å². The van der Waals surface area contributed by atoms with Gasteiger partial charge in [0.25, 0.3) is 0 Å². The minimum atomic E-state index is -0.953. The van der Waals surface area contributed by atoms with E-state index in [0.717, 1.165) is 0 Å². The van der Waals surface area contributed by atoms with Crippen molar-refractivity contribution in [3.8, 4) is 6.07 Å². The van der Waals surface area contributed by atoms with E-state index in [1.54, 1.807) is 47.2 Å². The molecule has 1 heterocycles. The average Bonchev–Trinajstić information content (AvgIpc) is 2.77. The predicted molar refractivity (Wildman–Crippen MR) is 61.7 cm³/mol. The number of nitriles is 1. The molecule has 0 saturated carbocycles. The van der Waals surface area contributed by atoms with E-state index in [-0.39, 0.29) is 5.56 Å². The first-order chi connectivity index (χ1) is 8.22. The van der Waals surface area contributed by atoms with Gasteiger partial charge in [0.1, 0.15) is 11.8 Å². The smallest absolute Gasteiger partial charge is 0.336 e. The highest BCUT2D eigenvalue weighted by Crippen LogP contribution is 2.12.